The molecule has 0 aliphatic rings. The normalized spacial score (nSPS) is 11.0. The van der Waals surface area contributed by atoms with Crippen molar-refractivity contribution < 1.29 is 9.11 Å². The molecule has 6 heteroatoms. The topological polar surface area (TPSA) is 70.6 Å². The van der Waals surface area contributed by atoms with Crippen LogP contribution >= 0.6 is 0 Å². The van der Waals surface area contributed by atoms with Crippen molar-refractivity contribution in [3.05, 3.63) is 65.9 Å². The van der Waals surface area contributed by atoms with Crippen LogP contribution < -0.4 is 0 Å². The van der Waals surface area contributed by atoms with Crippen LogP contribution in [0.4, 0.5) is 5.69 Å². The van der Waals surface area contributed by atoms with Crippen molar-refractivity contribution in [2.45, 2.75) is 13.8 Å². The first-order chi connectivity index (χ1) is 11.0. The molecule has 2 N–H and O–H groups in total. The second-order valence-corrected chi connectivity index (χ2v) is 5.97. The van der Waals surface area contributed by atoms with Gasteiger partial charge in [0.05, 0.1) is 22.8 Å². The zero-order chi connectivity index (χ0) is 16.4. The molecule has 23 heavy (non-hydrogen) atoms. The number of benzene rings is 2. The average Bonchev–Trinajstić information content (AvgIpc) is 2.90. The Morgan fingerprint density at radius 3 is 2.22 bits per heavy atom. The van der Waals surface area contributed by atoms with Crippen molar-refractivity contribution in [3.63, 3.8) is 0 Å². The minimum absolute atomic E-state index is 0.517. The van der Waals surface area contributed by atoms with Crippen molar-refractivity contribution in [2.24, 2.45) is 4.36 Å². The van der Waals surface area contributed by atoms with Crippen molar-refractivity contribution in [1.29, 1.82) is 0 Å². The van der Waals surface area contributed by atoms with Crippen LogP contribution in [0, 0.1) is 13.8 Å². The zero-order valence-electron chi connectivity index (χ0n) is 12.8. The third-order valence-electron chi connectivity index (χ3n) is 3.46. The van der Waals surface area contributed by atoms with E-state index in [9.17, 15) is 0 Å². The van der Waals surface area contributed by atoms with Crippen LogP contribution in [0.3, 0.4) is 0 Å². The van der Waals surface area contributed by atoms with Crippen LogP contribution in [0.2, 0.25) is 0 Å². The molecule has 0 radical (unpaired) electrons. The number of hydrogen-bond donors (Lipinski definition) is 2. The molecule has 0 bridgehead atoms. The van der Waals surface area contributed by atoms with Crippen LogP contribution in [0.5, 0.6) is 0 Å². The highest BCUT2D eigenvalue weighted by molar-refractivity contribution is 7.75. The summed E-state index contributed by atoms with van der Waals surface area (Å²) >= 11 is -1.95. The fraction of sp³-hybridized carbons (Fsp3) is 0.118. The van der Waals surface area contributed by atoms with Crippen molar-refractivity contribution in [1.82, 2.24) is 9.78 Å². The van der Waals surface area contributed by atoms with E-state index in [4.69, 9.17) is 9.11 Å². The molecule has 0 saturated heterocycles. The van der Waals surface area contributed by atoms with E-state index in [0.717, 1.165) is 22.6 Å². The Labute approximate surface area is 137 Å². The monoisotopic (exact) mass is 327 g/mol. The lowest BCUT2D eigenvalue weighted by molar-refractivity contribution is 0.519. The molecule has 1 aromatic heterocycles. The number of hydrogen-bond acceptors (Lipinski definition) is 2. The van der Waals surface area contributed by atoms with Gasteiger partial charge in [-0.2, -0.15) is 9.46 Å². The van der Waals surface area contributed by atoms with E-state index in [1.807, 2.05) is 29.8 Å². The van der Waals surface area contributed by atoms with Crippen LogP contribution in [0.1, 0.15) is 11.3 Å². The molecule has 118 valence electrons. The molecule has 0 aliphatic carbocycles. The van der Waals surface area contributed by atoms with Crippen LogP contribution in [-0.2, 0) is 11.3 Å². The van der Waals surface area contributed by atoms with Gasteiger partial charge in [0.2, 0.25) is 0 Å². The highest BCUT2D eigenvalue weighted by Crippen LogP contribution is 2.25. The Balaban J connectivity index is 2.03. The second kappa shape index (κ2) is 6.45. The number of aryl methyl sites for hydroxylation is 2. The lowest BCUT2D eigenvalue weighted by atomic mass is 10.1. The Hall–Kier alpha value is -2.28. The third kappa shape index (κ3) is 3.56. The molecule has 1 heterocycles. The van der Waals surface area contributed by atoms with Gasteiger partial charge >= 0.3 is 0 Å². The van der Waals surface area contributed by atoms with Gasteiger partial charge in [-0.1, -0.05) is 29.8 Å². The molecule has 3 rings (SSSR count). The smallest absolute Gasteiger partial charge is 0.176 e. The minimum atomic E-state index is -1.95. The van der Waals surface area contributed by atoms with Gasteiger partial charge in [-0.25, -0.2) is 4.68 Å². The van der Waals surface area contributed by atoms with Crippen LogP contribution in [0.15, 0.2) is 59.0 Å². The van der Waals surface area contributed by atoms with Gasteiger partial charge in [-0.05, 0) is 44.2 Å². The lowest BCUT2D eigenvalue weighted by Gasteiger charge is -2.08. The van der Waals surface area contributed by atoms with E-state index < -0.39 is 11.3 Å². The summed E-state index contributed by atoms with van der Waals surface area (Å²) in [7, 11) is 0. The predicted molar refractivity (Wildman–Crippen MR) is 93.2 cm³/mol. The average molecular weight is 327 g/mol. The maximum atomic E-state index is 8.91. The molecule has 0 aliphatic heterocycles. The molecule has 5 nitrogen and oxygen atoms in total. The first kappa shape index (κ1) is 15.6. The number of nitrogens with zero attached hydrogens (tertiary/aromatic N) is 3. The Kier molecular flexibility index (Phi) is 4.38. The van der Waals surface area contributed by atoms with Gasteiger partial charge in [0.1, 0.15) is 0 Å². The van der Waals surface area contributed by atoms with Gasteiger partial charge in [-0.3, -0.25) is 0 Å². The predicted octanol–water partition coefficient (Wildman–Crippen LogP) is 4.54. The maximum absolute atomic E-state index is 8.91. The molecule has 0 fully saturated rings. The van der Waals surface area contributed by atoms with Crippen molar-refractivity contribution in [3.8, 4) is 16.9 Å². The van der Waals surface area contributed by atoms with E-state index >= 15 is 0 Å². The van der Waals surface area contributed by atoms with Crippen LogP contribution in [-0.4, -0.2) is 18.9 Å². The first-order valence-corrected chi connectivity index (χ1v) is 8.21. The fourth-order valence-electron chi connectivity index (χ4n) is 2.38. The molecule has 0 saturated carbocycles. The number of rotatable bonds is 3. The van der Waals surface area contributed by atoms with Crippen molar-refractivity contribution in [2.75, 3.05) is 0 Å². The summed E-state index contributed by atoms with van der Waals surface area (Å²) in [5.74, 6) is 0. The van der Waals surface area contributed by atoms with E-state index in [1.165, 1.54) is 5.56 Å². The summed E-state index contributed by atoms with van der Waals surface area (Å²) in [4.78, 5) is 0. The standard InChI is InChI=1S/C17H17N3O2S/c1-12-3-5-14(6-4-12)17-11-13(2)18-20(17)16-9-7-15(8-10-16)19-23(21)22/h3-11H,1-2H3,(H2,19,21,22). The summed E-state index contributed by atoms with van der Waals surface area (Å²) in [6.45, 7) is 4.02. The molecule has 0 unspecified atom stereocenters. The zero-order valence-corrected chi connectivity index (χ0v) is 13.7. The Bertz CT molecular complexity index is 849. The quantitative estimate of drug-likeness (QED) is 0.742. The molecule has 3 aromatic rings. The van der Waals surface area contributed by atoms with E-state index in [-0.39, 0.29) is 0 Å². The second-order valence-electron chi connectivity index (χ2n) is 5.30. The third-order valence-corrected chi connectivity index (χ3v) is 3.83. The molecular weight excluding hydrogens is 310 g/mol. The first-order valence-electron chi connectivity index (χ1n) is 7.11. The van der Waals surface area contributed by atoms with Gasteiger partial charge in [0.25, 0.3) is 0 Å². The van der Waals surface area contributed by atoms with Gasteiger partial charge < -0.3 is 9.11 Å². The van der Waals surface area contributed by atoms with E-state index in [0.29, 0.717) is 5.69 Å². The van der Waals surface area contributed by atoms with Gasteiger partial charge in [0, 0.05) is 5.56 Å². The molecule has 0 atom stereocenters. The van der Waals surface area contributed by atoms with Gasteiger partial charge in [0.15, 0.2) is 11.3 Å². The Morgan fingerprint density at radius 2 is 1.61 bits per heavy atom. The molecule has 2 aromatic carbocycles. The highest BCUT2D eigenvalue weighted by Gasteiger charge is 2.09. The summed E-state index contributed by atoms with van der Waals surface area (Å²) in [6.07, 6.45) is 0. The minimum Gasteiger partial charge on any atom is -0.300 e. The summed E-state index contributed by atoms with van der Waals surface area (Å²) < 4.78 is 23.4. The van der Waals surface area contributed by atoms with Crippen LogP contribution in [0.25, 0.3) is 16.9 Å². The summed E-state index contributed by atoms with van der Waals surface area (Å²) in [5, 5.41) is 4.56. The lowest BCUT2D eigenvalue weighted by Crippen LogP contribution is -1.99. The van der Waals surface area contributed by atoms with E-state index in [2.05, 4.69) is 40.7 Å². The van der Waals surface area contributed by atoms with Crippen molar-refractivity contribution >= 4 is 16.9 Å². The summed E-state index contributed by atoms with van der Waals surface area (Å²) in [5.41, 5.74) is 5.66. The SMILES string of the molecule is Cc1ccc(-c2cc(C)nn2-c2ccc(N=S(O)O)cc2)cc1. The molecule has 0 spiro atoms. The summed E-state index contributed by atoms with van der Waals surface area (Å²) in [6, 6.07) is 17.5. The fourth-order valence-corrected chi connectivity index (χ4v) is 2.69. The Morgan fingerprint density at radius 1 is 0.957 bits per heavy atom. The molecular formula is C17H17N3O2S. The van der Waals surface area contributed by atoms with Gasteiger partial charge in [-0.15, -0.1) is 0 Å². The number of aromatic nitrogens is 2. The van der Waals surface area contributed by atoms with E-state index in [1.54, 1.807) is 12.1 Å². The largest absolute Gasteiger partial charge is 0.300 e. The molecule has 0 amide bonds. The highest BCUT2D eigenvalue weighted by atomic mass is 32.2. The maximum Gasteiger partial charge on any atom is 0.176 e.